The molecule has 1 unspecified atom stereocenters. The molecule has 1 fully saturated rings. The zero-order valence-electron chi connectivity index (χ0n) is 28.4. The second-order valence-electron chi connectivity index (χ2n) is 13.9. The van der Waals surface area contributed by atoms with E-state index in [1.165, 1.54) is 5.56 Å². The molecule has 0 radical (unpaired) electrons. The fourth-order valence-electron chi connectivity index (χ4n) is 6.45. The number of amides is 1. The molecule has 1 saturated heterocycles. The van der Waals surface area contributed by atoms with Gasteiger partial charge < -0.3 is 14.2 Å². The first-order valence-electron chi connectivity index (χ1n) is 15.9. The molecule has 0 aliphatic carbocycles. The van der Waals surface area contributed by atoms with Gasteiger partial charge in [-0.25, -0.2) is 14.2 Å². The Kier molecular flexibility index (Phi) is 8.55. The third kappa shape index (κ3) is 6.46. The number of likely N-dealkylation sites (tertiary alicyclic amines) is 1. The summed E-state index contributed by atoms with van der Waals surface area (Å²) < 4.78 is 11.5. The average molecular weight is 614 g/mol. The van der Waals surface area contributed by atoms with Crippen LogP contribution >= 0.6 is 0 Å². The van der Waals surface area contributed by atoms with Crippen molar-refractivity contribution in [3.8, 4) is 5.69 Å². The molecule has 4 heterocycles. The van der Waals surface area contributed by atoms with E-state index in [1.54, 1.807) is 0 Å². The highest BCUT2D eigenvalue weighted by atomic mass is 16.6. The summed E-state index contributed by atoms with van der Waals surface area (Å²) in [7, 11) is 0. The summed E-state index contributed by atoms with van der Waals surface area (Å²) in [6, 6.07) is 9.63. The molecule has 45 heavy (non-hydrogen) atoms. The van der Waals surface area contributed by atoms with Crippen LogP contribution in [0.2, 0.25) is 0 Å². The molecule has 1 aliphatic rings. The number of hydrogen-bond acceptors (Lipinski definition) is 6. The Morgan fingerprint density at radius 2 is 1.80 bits per heavy atom. The third-order valence-electron chi connectivity index (χ3n) is 9.04. The summed E-state index contributed by atoms with van der Waals surface area (Å²) >= 11 is 0. The van der Waals surface area contributed by atoms with Crippen molar-refractivity contribution in [1.29, 1.82) is 0 Å². The van der Waals surface area contributed by atoms with E-state index in [0.29, 0.717) is 24.2 Å². The van der Waals surface area contributed by atoms with E-state index in [4.69, 9.17) is 9.84 Å². The minimum atomic E-state index is -0.564. The summed E-state index contributed by atoms with van der Waals surface area (Å²) in [5.74, 6) is -0.330. The van der Waals surface area contributed by atoms with Gasteiger partial charge in [-0.1, -0.05) is 18.2 Å². The number of rotatable bonds is 7. The standard InChI is InChI=1S/C35H47N7O3/c1-11-30-23(3)37-42(25(30)5)28-14-12-13-26(18-28)32(43)40-21-29(15-16-35(40,9)10)41-20-27(36-38-41)19-39-22(2)17-31(24(39)4)33(44)45-34(6,7)8/h12-14,17-18,20,29H,11,15-16,19,21H2,1-10H3. The molecular weight excluding hydrogens is 566 g/mol. The van der Waals surface area contributed by atoms with Crippen molar-refractivity contribution in [2.45, 2.75) is 112 Å². The highest BCUT2D eigenvalue weighted by molar-refractivity contribution is 5.95. The van der Waals surface area contributed by atoms with Gasteiger partial charge in [0.1, 0.15) is 11.3 Å². The molecule has 3 aromatic heterocycles. The Balaban J connectivity index is 1.34. The smallest absolute Gasteiger partial charge is 0.340 e. The second kappa shape index (κ2) is 11.9. The van der Waals surface area contributed by atoms with Gasteiger partial charge in [-0.3, -0.25) is 4.79 Å². The van der Waals surface area contributed by atoms with Crippen molar-refractivity contribution in [3.05, 3.63) is 81.7 Å². The van der Waals surface area contributed by atoms with Crippen LogP contribution in [0.25, 0.3) is 5.69 Å². The summed E-state index contributed by atoms with van der Waals surface area (Å²) in [6.07, 6.45) is 4.61. The summed E-state index contributed by atoms with van der Waals surface area (Å²) in [5.41, 5.74) is 7.16. The maximum atomic E-state index is 14.1. The number of esters is 1. The summed E-state index contributed by atoms with van der Waals surface area (Å²) in [5, 5.41) is 13.7. The van der Waals surface area contributed by atoms with Crippen LogP contribution in [0, 0.1) is 27.7 Å². The SMILES string of the molecule is CCc1c(C)nn(-c2cccc(C(=O)N3CC(n4cc(Cn5c(C)cc(C(=O)OC(C)(C)C)c5C)nn4)CCC3(C)C)c2)c1C. The molecule has 1 aliphatic heterocycles. The molecule has 0 spiro atoms. The highest BCUT2D eigenvalue weighted by Crippen LogP contribution is 2.34. The van der Waals surface area contributed by atoms with Crippen LogP contribution in [0.5, 0.6) is 0 Å². The van der Waals surface area contributed by atoms with Gasteiger partial charge >= 0.3 is 5.97 Å². The van der Waals surface area contributed by atoms with Gasteiger partial charge in [0, 0.05) is 34.7 Å². The predicted octanol–water partition coefficient (Wildman–Crippen LogP) is 6.32. The lowest BCUT2D eigenvalue weighted by atomic mass is 9.87. The Labute approximate surface area is 266 Å². The van der Waals surface area contributed by atoms with Gasteiger partial charge in [0.05, 0.1) is 35.7 Å². The van der Waals surface area contributed by atoms with E-state index in [0.717, 1.165) is 53.4 Å². The predicted molar refractivity (Wildman–Crippen MR) is 174 cm³/mol. The Morgan fingerprint density at radius 1 is 1.07 bits per heavy atom. The lowest BCUT2D eigenvalue weighted by Crippen LogP contribution is -2.53. The van der Waals surface area contributed by atoms with Crippen LogP contribution in [-0.4, -0.2) is 63.8 Å². The van der Waals surface area contributed by atoms with Crippen LogP contribution in [0.3, 0.4) is 0 Å². The number of piperidine rings is 1. The molecule has 1 aromatic carbocycles. The van der Waals surface area contributed by atoms with Crippen molar-refractivity contribution in [1.82, 2.24) is 34.2 Å². The molecule has 1 amide bonds. The minimum Gasteiger partial charge on any atom is -0.456 e. The first-order chi connectivity index (χ1) is 21.1. The summed E-state index contributed by atoms with van der Waals surface area (Å²) in [6.45, 7) is 21.0. The van der Waals surface area contributed by atoms with Crippen LogP contribution < -0.4 is 0 Å². The van der Waals surface area contributed by atoms with Gasteiger partial charge in [-0.15, -0.1) is 5.10 Å². The largest absolute Gasteiger partial charge is 0.456 e. The van der Waals surface area contributed by atoms with Crippen LogP contribution in [0.1, 0.15) is 115 Å². The number of ether oxygens (including phenoxy) is 1. The molecule has 240 valence electrons. The third-order valence-corrected chi connectivity index (χ3v) is 9.04. The van der Waals surface area contributed by atoms with E-state index in [-0.39, 0.29) is 23.5 Å². The fraction of sp³-hybridized carbons (Fsp3) is 0.514. The van der Waals surface area contributed by atoms with Crippen molar-refractivity contribution in [2.24, 2.45) is 0 Å². The van der Waals surface area contributed by atoms with Gasteiger partial charge in [0.15, 0.2) is 0 Å². The van der Waals surface area contributed by atoms with Crippen LogP contribution in [0.15, 0.2) is 36.5 Å². The zero-order chi connectivity index (χ0) is 32.8. The normalized spacial score (nSPS) is 16.7. The number of benzene rings is 1. The van der Waals surface area contributed by atoms with Gasteiger partial charge in [0.25, 0.3) is 5.91 Å². The van der Waals surface area contributed by atoms with E-state index in [2.05, 4.69) is 42.6 Å². The molecular formula is C35H47N7O3. The zero-order valence-corrected chi connectivity index (χ0v) is 28.4. The van der Waals surface area contributed by atoms with E-state index >= 15 is 0 Å². The number of aromatic nitrogens is 6. The topological polar surface area (TPSA) is 100 Å². The van der Waals surface area contributed by atoms with E-state index in [1.807, 2.05) is 92.3 Å². The molecule has 0 bridgehead atoms. The molecule has 4 aromatic rings. The summed E-state index contributed by atoms with van der Waals surface area (Å²) in [4.78, 5) is 28.8. The second-order valence-corrected chi connectivity index (χ2v) is 13.9. The van der Waals surface area contributed by atoms with Crippen LogP contribution in [0.4, 0.5) is 0 Å². The van der Waals surface area contributed by atoms with E-state index in [9.17, 15) is 9.59 Å². The molecule has 10 heteroatoms. The fourth-order valence-corrected chi connectivity index (χ4v) is 6.45. The molecule has 0 N–H and O–H groups in total. The Morgan fingerprint density at radius 3 is 2.47 bits per heavy atom. The van der Waals surface area contributed by atoms with Crippen molar-refractivity contribution in [3.63, 3.8) is 0 Å². The van der Waals surface area contributed by atoms with Crippen molar-refractivity contribution in [2.75, 3.05) is 6.54 Å². The lowest BCUT2D eigenvalue weighted by molar-refractivity contribution is 0.00682. The number of aryl methyl sites for hydroxylation is 2. The number of nitrogens with zero attached hydrogens (tertiary/aromatic N) is 7. The van der Waals surface area contributed by atoms with E-state index < -0.39 is 5.60 Å². The Bertz CT molecular complexity index is 1730. The first kappa shape index (κ1) is 32.2. The Hall–Kier alpha value is -4.21. The number of hydrogen-bond donors (Lipinski definition) is 0. The van der Waals surface area contributed by atoms with Crippen molar-refractivity contribution < 1.29 is 14.3 Å². The van der Waals surface area contributed by atoms with Gasteiger partial charge in [0.2, 0.25) is 0 Å². The molecule has 5 rings (SSSR count). The maximum absolute atomic E-state index is 14.1. The molecule has 10 nitrogen and oxygen atoms in total. The average Bonchev–Trinajstić information content (AvgIpc) is 3.63. The van der Waals surface area contributed by atoms with Gasteiger partial charge in [-0.2, -0.15) is 5.10 Å². The van der Waals surface area contributed by atoms with Crippen molar-refractivity contribution >= 4 is 11.9 Å². The van der Waals surface area contributed by atoms with Crippen LogP contribution in [-0.2, 0) is 17.7 Å². The number of carbonyl (C=O) groups excluding carboxylic acids is 2. The quantitative estimate of drug-likeness (QED) is 0.226. The minimum absolute atomic E-state index is 0.00119. The monoisotopic (exact) mass is 613 g/mol. The maximum Gasteiger partial charge on any atom is 0.340 e. The van der Waals surface area contributed by atoms with Gasteiger partial charge in [-0.05, 0) is 111 Å². The highest BCUT2D eigenvalue weighted by Gasteiger charge is 2.39. The first-order valence-corrected chi connectivity index (χ1v) is 15.9. The lowest BCUT2D eigenvalue weighted by Gasteiger charge is -2.45. The molecule has 0 saturated carbocycles. The molecule has 1 atom stereocenters. The number of carbonyl (C=O) groups is 2.